The second-order valence-electron chi connectivity index (χ2n) is 12.0. The fourth-order valence-electron chi connectivity index (χ4n) is 5.94. The maximum atomic E-state index is 14.7. The van der Waals surface area contributed by atoms with Crippen LogP contribution < -0.4 is 14.4 Å². The molecular weight excluding hydrogens is 669 g/mol. The van der Waals surface area contributed by atoms with Crippen molar-refractivity contribution in [2.75, 3.05) is 18.0 Å². The maximum Gasteiger partial charge on any atom is 0.264 e. The zero-order valence-corrected chi connectivity index (χ0v) is 29.3. The van der Waals surface area contributed by atoms with Gasteiger partial charge in [-0.15, -0.1) is 0 Å². The van der Waals surface area contributed by atoms with Crippen LogP contribution in [0.5, 0.6) is 5.75 Å². The van der Waals surface area contributed by atoms with E-state index in [0.29, 0.717) is 15.6 Å². The fraction of sp³-hybridized carbons (Fsp3) is 0.297. The minimum Gasteiger partial charge on any atom is -0.495 e. The topological polar surface area (TPSA) is 96.0 Å². The molecule has 4 aromatic rings. The summed E-state index contributed by atoms with van der Waals surface area (Å²) in [5.41, 5.74) is 2.57. The third-order valence-corrected chi connectivity index (χ3v) is 11.1. The van der Waals surface area contributed by atoms with E-state index in [1.54, 1.807) is 54.6 Å². The number of halogens is 2. The first-order valence-electron chi connectivity index (χ1n) is 15.9. The lowest BCUT2D eigenvalue weighted by Gasteiger charge is -2.34. The highest BCUT2D eigenvalue weighted by Crippen LogP contribution is 2.33. The molecule has 8 nitrogen and oxygen atoms in total. The van der Waals surface area contributed by atoms with Crippen LogP contribution in [-0.2, 0) is 32.6 Å². The first-order valence-corrected chi connectivity index (χ1v) is 18.1. The summed E-state index contributed by atoms with van der Waals surface area (Å²) in [6.45, 7) is 1.25. The monoisotopic (exact) mass is 707 g/mol. The molecule has 0 unspecified atom stereocenters. The molecule has 252 valence electrons. The van der Waals surface area contributed by atoms with Crippen LogP contribution in [0.15, 0.2) is 102 Å². The van der Waals surface area contributed by atoms with Crippen LogP contribution >= 0.6 is 23.2 Å². The largest absolute Gasteiger partial charge is 0.495 e. The molecule has 0 heterocycles. The Morgan fingerprint density at radius 1 is 0.875 bits per heavy atom. The summed E-state index contributed by atoms with van der Waals surface area (Å²) in [6.07, 6.45) is 3.98. The van der Waals surface area contributed by atoms with E-state index in [1.807, 2.05) is 37.3 Å². The van der Waals surface area contributed by atoms with Gasteiger partial charge in [0.1, 0.15) is 18.3 Å². The smallest absolute Gasteiger partial charge is 0.264 e. The molecule has 0 aliphatic heterocycles. The number of nitrogens with zero attached hydrogens (tertiary/aromatic N) is 2. The predicted molar refractivity (Wildman–Crippen MR) is 190 cm³/mol. The predicted octanol–water partition coefficient (Wildman–Crippen LogP) is 7.20. The Bertz CT molecular complexity index is 1830. The number of benzene rings is 4. The van der Waals surface area contributed by atoms with E-state index >= 15 is 0 Å². The number of amides is 2. The van der Waals surface area contributed by atoms with Gasteiger partial charge in [0.2, 0.25) is 11.8 Å². The highest BCUT2D eigenvalue weighted by atomic mass is 35.5. The van der Waals surface area contributed by atoms with Crippen LogP contribution in [0, 0.1) is 6.92 Å². The molecule has 1 aliphatic rings. The van der Waals surface area contributed by atoms with E-state index in [9.17, 15) is 18.0 Å². The van der Waals surface area contributed by atoms with Crippen molar-refractivity contribution in [1.29, 1.82) is 0 Å². The summed E-state index contributed by atoms with van der Waals surface area (Å²) < 4.78 is 35.3. The molecule has 1 aliphatic carbocycles. The van der Waals surface area contributed by atoms with Crippen LogP contribution in [-0.4, -0.2) is 50.9 Å². The van der Waals surface area contributed by atoms with Crippen molar-refractivity contribution >= 4 is 50.7 Å². The summed E-state index contributed by atoms with van der Waals surface area (Å²) in [6, 6.07) is 26.6. The van der Waals surface area contributed by atoms with E-state index in [-0.39, 0.29) is 41.2 Å². The number of carbonyl (C=O) groups excluding carboxylic acids is 2. The van der Waals surface area contributed by atoms with Crippen molar-refractivity contribution in [2.45, 2.75) is 62.6 Å². The molecule has 0 saturated heterocycles. The molecule has 1 fully saturated rings. The molecule has 1 atom stereocenters. The zero-order valence-electron chi connectivity index (χ0n) is 26.9. The van der Waals surface area contributed by atoms with Crippen LogP contribution in [0.25, 0.3) is 0 Å². The van der Waals surface area contributed by atoms with Gasteiger partial charge >= 0.3 is 0 Å². The van der Waals surface area contributed by atoms with Crippen LogP contribution in [0.2, 0.25) is 10.0 Å². The average molecular weight is 709 g/mol. The standard InChI is InChI=1S/C37H39Cl2N3O5S/c1-26-16-19-30(20-17-26)48(45,46)42(33-14-8-9-15-35(33)47-2)25-36(43)41(24-28-18-21-31(38)32(39)22-28)34(23-27-10-4-3-5-11-27)37(44)40-29-12-6-7-13-29/h3-5,8-11,14-22,29,34H,6-7,12-13,23-25H2,1-2H3,(H,40,44)/t34-/m0/s1. The summed E-state index contributed by atoms with van der Waals surface area (Å²) in [5, 5.41) is 3.83. The molecular formula is C37H39Cl2N3O5S. The van der Waals surface area contributed by atoms with E-state index in [0.717, 1.165) is 41.1 Å². The Hall–Kier alpha value is -4.05. The second-order valence-corrected chi connectivity index (χ2v) is 14.6. The van der Waals surface area contributed by atoms with Crippen molar-refractivity contribution in [2.24, 2.45) is 0 Å². The number of nitrogens with one attached hydrogen (secondary N) is 1. The summed E-state index contributed by atoms with van der Waals surface area (Å²) in [4.78, 5) is 30.4. The van der Waals surface area contributed by atoms with Gasteiger partial charge in [-0.1, -0.05) is 102 Å². The van der Waals surface area contributed by atoms with Gasteiger partial charge in [0.25, 0.3) is 10.0 Å². The molecule has 5 rings (SSSR count). The highest BCUT2D eigenvalue weighted by molar-refractivity contribution is 7.92. The number of carbonyl (C=O) groups is 2. The first-order chi connectivity index (χ1) is 23.1. The molecule has 4 aromatic carbocycles. The van der Waals surface area contributed by atoms with Gasteiger partial charge in [0, 0.05) is 19.0 Å². The molecule has 0 aromatic heterocycles. The Labute approximate surface area is 292 Å². The molecule has 0 bridgehead atoms. The van der Waals surface area contributed by atoms with E-state index in [2.05, 4.69) is 5.32 Å². The van der Waals surface area contributed by atoms with Gasteiger partial charge in [-0.3, -0.25) is 13.9 Å². The number of rotatable bonds is 13. The van der Waals surface area contributed by atoms with E-state index in [1.165, 1.54) is 24.1 Å². The quantitative estimate of drug-likeness (QED) is 0.159. The Balaban J connectivity index is 1.60. The van der Waals surface area contributed by atoms with Crippen molar-refractivity contribution in [1.82, 2.24) is 10.2 Å². The normalized spacial score (nSPS) is 13.9. The zero-order chi connectivity index (χ0) is 34.3. The Kier molecular flexibility index (Phi) is 11.7. The number of hydrogen-bond acceptors (Lipinski definition) is 5. The maximum absolute atomic E-state index is 14.7. The molecule has 2 amide bonds. The van der Waals surface area contributed by atoms with Crippen LogP contribution in [0.1, 0.15) is 42.4 Å². The van der Waals surface area contributed by atoms with Gasteiger partial charge < -0.3 is 15.0 Å². The third kappa shape index (κ3) is 8.50. The van der Waals surface area contributed by atoms with Gasteiger partial charge in [0.15, 0.2) is 0 Å². The summed E-state index contributed by atoms with van der Waals surface area (Å²) >= 11 is 12.6. The number of sulfonamides is 1. The molecule has 1 saturated carbocycles. The van der Waals surface area contributed by atoms with Crippen LogP contribution in [0.4, 0.5) is 5.69 Å². The SMILES string of the molecule is COc1ccccc1N(CC(=O)N(Cc1ccc(Cl)c(Cl)c1)[C@@H](Cc1ccccc1)C(=O)NC1CCCC1)S(=O)(=O)c1ccc(C)cc1. The van der Waals surface area contributed by atoms with Gasteiger partial charge in [-0.05, 0) is 67.3 Å². The third-order valence-electron chi connectivity index (χ3n) is 8.55. The minimum atomic E-state index is -4.27. The number of para-hydroxylation sites is 2. The molecule has 0 radical (unpaired) electrons. The van der Waals surface area contributed by atoms with Gasteiger partial charge in [-0.2, -0.15) is 0 Å². The minimum absolute atomic E-state index is 0.00435. The average Bonchev–Trinajstić information content (AvgIpc) is 3.60. The van der Waals surface area contributed by atoms with Gasteiger partial charge in [-0.25, -0.2) is 8.42 Å². The van der Waals surface area contributed by atoms with Crippen molar-refractivity contribution in [3.63, 3.8) is 0 Å². The lowest BCUT2D eigenvalue weighted by molar-refractivity contribution is -0.140. The second kappa shape index (κ2) is 15.9. The Morgan fingerprint density at radius 2 is 1.54 bits per heavy atom. The van der Waals surface area contributed by atoms with Crippen molar-refractivity contribution < 1.29 is 22.7 Å². The highest BCUT2D eigenvalue weighted by Gasteiger charge is 2.36. The van der Waals surface area contributed by atoms with E-state index < -0.39 is 28.5 Å². The van der Waals surface area contributed by atoms with E-state index in [4.69, 9.17) is 27.9 Å². The first kappa shape index (κ1) is 35.3. The summed E-state index contributed by atoms with van der Waals surface area (Å²) in [7, 11) is -2.83. The number of anilines is 1. The number of hydrogen-bond donors (Lipinski definition) is 1. The molecule has 11 heteroatoms. The van der Waals surface area contributed by atoms with Gasteiger partial charge in [0.05, 0.1) is 27.7 Å². The lowest BCUT2D eigenvalue weighted by atomic mass is 10.0. The number of ether oxygens (including phenoxy) is 1. The molecule has 48 heavy (non-hydrogen) atoms. The molecule has 1 N–H and O–H groups in total. The molecule has 0 spiro atoms. The lowest BCUT2D eigenvalue weighted by Crippen LogP contribution is -2.54. The fourth-order valence-corrected chi connectivity index (χ4v) is 7.69. The van der Waals surface area contributed by atoms with Crippen LogP contribution in [0.3, 0.4) is 0 Å². The number of methoxy groups -OCH3 is 1. The summed E-state index contributed by atoms with van der Waals surface area (Å²) in [5.74, 6) is -0.605. The number of aryl methyl sites for hydroxylation is 1. The van der Waals surface area contributed by atoms with Crippen molar-refractivity contribution in [3.05, 3.63) is 124 Å². The van der Waals surface area contributed by atoms with Crippen molar-refractivity contribution in [3.8, 4) is 5.75 Å². The Morgan fingerprint density at radius 3 is 2.21 bits per heavy atom.